The number of carbonyl (C=O) groups excluding carboxylic acids is 2. The minimum Gasteiger partial charge on any atom is -0.356 e. The number of hydrogen-bond acceptors (Lipinski definition) is 3. The molecule has 0 radical (unpaired) electrons. The van der Waals surface area contributed by atoms with Crippen molar-refractivity contribution in [3.8, 4) is 10.4 Å². The molecule has 5 heteroatoms. The standard InChI is InChI=1S/C25H30N2O2S/c1-2-26-23(29)25(15-18-6-8-19(9-7-18)21-5-3-14-30-21)12-13-27(17-25)22(28)20-16-24(20)10-4-11-24/h3,5-9,14,20H,2,4,10-13,15-17H2,1H3,(H,26,29)/t20-,25+/m1/s1. The first-order valence-corrected chi connectivity index (χ1v) is 12.1. The summed E-state index contributed by atoms with van der Waals surface area (Å²) in [6.45, 7) is 3.84. The molecule has 2 heterocycles. The summed E-state index contributed by atoms with van der Waals surface area (Å²) >= 11 is 1.74. The molecule has 1 saturated heterocycles. The highest BCUT2D eigenvalue weighted by Gasteiger charge is 2.62. The average molecular weight is 423 g/mol. The Bertz CT molecular complexity index is 933. The summed E-state index contributed by atoms with van der Waals surface area (Å²) in [7, 11) is 0. The molecular weight excluding hydrogens is 392 g/mol. The molecule has 1 spiro atoms. The maximum Gasteiger partial charge on any atom is 0.228 e. The molecule has 2 atom stereocenters. The average Bonchev–Trinajstić information content (AvgIpc) is 3.06. The van der Waals surface area contributed by atoms with Gasteiger partial charge in [0.25, 0.3) is 0 Å². The van der Waals surface area contributed by atoms with E-state index in [0.29, 0.717) is 37.4 Å². The van der Waals surface area contributed by atoms with Crippen LogP contribution in [0.25, 0.3) is 10.4 Å². The van der Waals surface area contributed by atoms with Crippen LogP contribution in [0.3, 0.4) is 0 Å². The van der Waals surface area contributed by atoms with E-state index in [4.69, 9.17) is 0 Å². The Kier molecular flexibility index (Phi) is 4.97. The van der Waals surface area contributed by atoms with E-state index in [1.807, 2.05) is 11.8 Å². The zero-order valence-electron chi connectivity index (χ0n) is 17.7. The molecule has 158 valence electrons. The van der Waals surface area contributed by atoms with Gasteiger partial charge in [-0.25, -0.2) is 0 Å². The lowest BCUT2D eigenvalue weighted by Crippen LogP contribution is -2.45. The highest BCUT2D eigenvalue weighted by molar-refractivity contribution is 7.13. The van der Waals surface area contributed by atoms with Crippen molar-refractivity contribution in [3.05, 3.63) is 47.3 Å². The van der Waals surface area contributed by atoms with Gasteiger partial charge in [-0.2, -0.15) is 0 Å². The normalized spacial score (nSPS) is 26.4. The van der Waals surface area contributed by atoms with Crippen LogP contribution in [0.2, 0.25) is 0 Å². The minimum atomic E-state index is -0.516. The van der Waals surface area contributed by atoms with Crippen LogP contribution in [-0.4, -0.2) is 36.3 Å². The molecule has 2 saturated carbocycles. The van der Waals surface area contributed by atoms with Gasteiger partial charge < -0.3 is 10.2 Å². The Balaban J connectivity index is 1.32. The van der Waals surface area contributed by atoms with Gasteiger partial charge in [-0.15, -0.1) is 11.3 Å². The lowest BCUT2D eigenvalue weighted by Gasteiger charge is -2.30. The van der Waals surface area contributed by atoms with E-state index in [-0.39, 0.29) is 11.8 Å². The molecule has 0 unspecified atom stereocenters. The fourth-order valence-electron chi connectivity index (χ4n) is 5.54. The molecule has 2 amide bonds. The molecule has 2 aliphatic carbocycles. The van der Waals surface area contributed by atoms with Crippen LogP contribution in [0, 0.1) is 16.7 Å². The lowest BCUT2D eigenvalue weighted by atomic mass is 9.79. The summed E-state index contributed by atoms with van der Waals surface area (Å²) in [5, 5.41) is 5.14. The second kappa shape index (κ2) is 7.52. The summed E-state index contributed by atoms with van der Waals surface area (Å²) in [6.07, 6.45) is 6.21. The Morgan fingerprint density at radius 3 is 2.57 bits per heavy atom. The second-order valence-electron chi connectivity index (χ2n) is 9.47. The van der Waals surface area contributed by atoms with Gasteiger partial charge in [-0.3, -0.25) is 9.59 Å². The summed E-state index contributed by atoms with van der Waals surface area (Å²) in [6, 6.07) is 12.8. The maximum atomic E-state index is 13.1. The van der Waals surface area contributed by atoms with Crippen molar-refractivity contribution in [2.75, 3.05) is 19.6 Å². The molecule has 1 aliphatic heterocycles. The van der Waals surface area contributed by atoms with Crippen LogP contribution in [-0.2, 0) is 16.0 Å². The highest BCUT2D eigenvalue weighted by atomic mass is 32.1. The van der Waals surface area contributed by atoms with E-state index in [2.05, 4.69) is 47.1 Å². The molecule has 2 aromatic rings. The molecule has 30 heavy (non-hydrogen) atoms. The fraction of sp³-hybridized carbons (Fsp3) is 0.520. The van der Waals surface area contributed by atoms with E-state index in [1.165, 1.54) is 29.7 Å². The van der Waals surface area contributed by atoms with Gasteiger partial charge in [0.15, 0.2) is 0 Å². The number of nitrogens with one attached hydrogen (secondary N) is 1. The number of benzene rings is 1. The number of nitrogens with zero attached hydrogens (tertiary/aromatic N) is 1. The van der Waals surface area contributed by atoms with Gasteiger partial charge >= 0.3 is 0 Å². The van der Waals surface area contributed by atoms with Gasteiger partial charge in [0.2, 0.25) is 11.8 Å². The topological polar surface area (TPSA) is 49.4 Å². The zero-order chi connectivity index (χ0) is 20.8. The van der Waals surface area contributed by atoms with Crippen LogP contribution in [0.1, 0.15) is 44.6 Å². The Labute approximate surface area is 182 Å². The lowest BCUT2D eigenvalue weighted by molar-refractivity contribution is -0.135. The van der Waals surface area contributed by atoms with Crippen molar-refractivity contribution in [2.45, 2.75) is 45.4 Å². The number of amides is 2. The molecule has 5 rings (SSSR count). The third kappa shape index (κ3) is 3.37. The van der Waals surface area contributed by atoms with Crippen LogP contribution in [0.15, 0.2) is 41.8 Å². The third-order valence-corrected chi connectivity index (χ3v) is 8.54. The predicted octanol–water partition coefficient (Wildman–Crippen LogP) is 4.50. The van der Waals surface area contributed by atoms with Gasteiger partial charge in [0, 0.05) is 30.4 Å². The van der Waals surface area contributed by atoms with Crippen molar-refractivity contribution < 1.29 is 9.59 Å². The first-order chi connectivity index (χ1) is 14.6. The fourth-order valence-corrected chi connectivity index (χ4v) is 6.27. The van der Waals surface area contributed by atoms with Crippen LogP contribution >= 0.6 is 11.3 Å². The monoisotopic (exact) mass is 422 g/mol. The Hall–Kier alpha value is -2.14. The molecule has 1 aromatic carbocycles. The summed E-state index contributed by atoms with van der Waals surface area (Å²) in [4.78, 5) is 29.5. The van der Waals surface area contributed by atoms with E-state index in [0.717, 1.165) is 18.4 Å². The molecule has 4 nitrogen and oxygen atoms in total. The molecule has 1 aromatic heterocycles. The number of hydrogen-bond donors (Lipinski definition) is 1. The first kappa shape index (κ1) is 19.8. The number of carbonyl (C=O) groups is 2. The third-order valence-electron chi connectivity index (χ3n) is 7.62. The van der Waals surface area contributed by atoms with Crippen LogP contribution < -0.4 is 5.32 Å². The summed E-state index contributed by atoms with van der Waals surface area (Å²) in [5.41, 5.74) is 2.20. The summed E-state index contributed by atoms with van der Waals surface area (Å²) in [5.74, 6) is 0.618. The van der Waals surface area contributed by atoms with E-state index in [9.17, 15) is 9.59 Å². The smallest absolute Gasteiger partial charge is 0.228 e. The van der Waals surface area contributed by atoms with Crippen molar-refractivity contribution in [1.82, 2.24) is 10.2 Å². The molecule has 3 aliphatic rings. The second-order valence-corrected chi connectivity index (χ2v) is 10.4. The SMILES string of the molecule is CCNC(=O)[C@]1(Cc2ccc(-c3cccs3)cc2)CCN(C(=O)[C@H]2CC23CCC3)C1. The van der Waals surface area contributed by atoms with Gasteiger partial charge in [0.1, 0.15) is 0 Å². The van der Waals surface area contributed by atoms with Crippen molar-refractivity contribution in [1.29, 1.82) is 0 Å². The quantitative estimate of drug-likeness (QED) is 0.745. The van der Waals surface area contributed by atoms with Gasteiger partial charge in [-0.05, 0) is 67.0 Å². The Morgan fingerprint density at radius 1 is 1.17 bits per heavy atom. The van der Waals surface area contributed by atoms with E-state index < -0.39 is 5.41 Å². The zero-order valence-corrected chi connectivity index (χ0v) is 18.5. The van der Waals surface area contributed by atoms with Crippen LogP contribution in [0.4, 0.5) is 0 Å². The van der Waals surface area contributed by atoms with Crippen LogP contribution in [0.5, 0.6) is 0 Å². The molecule has 3 fully saturated rings. The number of thiophene rings is 1. The maximum absolute atomic E-state index is 13.1. The van der Waals surface area contributed by atoms with Crippen molar-refractivity contribution >= 4 is 23.2 Å². The van der Waals surface area contributed by atoms with E-state index in [1.54, 1.807) is 11.3 Å². The molecule has 1 N–H and O–H groups in total. The number of rotatable bonds is 6. The summed E-state index contributed by atoms with van der Waals surface area (Å²) < 4.78 is 0. The van der Waals surface area contributed by atoms with Gasteiger partial charge in [0.05, 0.1) is 5.41 Å². The van der Waals surface area contributed by atoms with Gasteiger partial charge in [-0.1, -0.05) is 36.8 Å². The Morgan fingerprint density at radius 2 is 1.97 bits per heavy atom. The number of likely N-dealkylation sites (tertiary alicyclic amines) is 1. The first-order valence-electron chi connectivity index (χ1n) is 11.3. The largest absolute Gasteiger partial charge is 0.356 e. The molecule has 0 bridgehead atoms. The van der Waals surface area contributed by atoms with E-state index >= 15 is 0 Å². The minimum absolute atomic E-state index is 0.0942. The highest BCUT2D eigenvalue weighted by Crippen LogP contribution is 2.66. The van der Waals surface area contributed by atoms with Crippen molar-refractivity contribution in [3.63, 3.8) is 0 Å². The predicted molar refractivity (Wildman–Crippen MR) is 120 cm³/mol. The molecular formula is C25H30N2O2S. The van der Waals surface area contributed by atoms with Crippen molar-refractivity contribution in [2.24, 2.45) is 16.7 Å².